The highest BCUT2D eigenvalue weighted by Gasteiger charge is 2.39. The Hall–Kier alpha value is -2.86. The van der Waals surface area contributed by atoms with E-state index in [1.807, 2.05) is 23.1 Å². The summed E-state index contributed by atoms with van der Waals surface area (Å²) in [5.41, 5.74) is 4.04. The number of benzene rings is 2. The Morgan fingerprint density at radius 2 is 1.63 bits per heavy atom. The lowest BCUT2D eigenvalue weighted by atomic mass is 9.71. The molecule has 0 saturated carbocycles. The third-order valence-electron chi connectivity index (χ3n) is 8.06. The quantitative estimate of drug-likeness (QED) is 0.685. The van der Waals surface area contributed by atoms with Crippen molar-refractivity contribution in [1.82, 2.24) is 9.80 Å². The molecule has 5 rings (SSSR count). The van der Waals surface area contributed by atoms with Crippen LogP contribution >= 0.6 is 0 Å². The molecular weight excluding hydrogens is 438 g/mol. The molecule has 0 atom stereocenters. The van der Waals surface area contributed by atoms with Gasteiger partial charge in [0.1, 0.15) is 11.4 Å². The average Bonchev–Trinajstić information content (AvgIpc) is 3.16. The Morgan fingerprint density at radius 1 is 0.943 bits per heavy atom. The number of hydrogen-bond acceptors (Lipinski definition) is 4. The molecule has 1 N–H and O–H groups in total. The number of piperidine rings is 2. The number of para-hydroxylation sites is 2. The third kappa shape index (κ3) is 5.08. The minimum Gasteiger partial charge on any atom is -0.487 e. The van der Waals surface area contributed by atoms with Gasteiger partial charge < -0.3 is 15.0 Å². The van der Waals surface area contributed by atoms with Crippen LogP contribution in [0.25, 0.3) is 0 Å². The number of carbonyl (C=O) groups is 2. The first-order chi connectivity index (χ1) is 16.7. The molecule has 3 heterocycles. The lowest BCUT2D eigenvalue weighted by Crippen LogP contribution is -2.48. The number of likely N-dealkylation sites (tertiary alicyclic amines) is 2. The van der Waals surface area contributed by atoms with Gasteiger partial charge in [-0.1, -0.05) is 30.3 Å². The van der Waals surface area contributed by atoms with Crippen molar-refractivity contribution in [2.45, 2.75) is 65.0 Å². The summed E-state index contributed by atoms with van der Waals surface area (Å²) in [6.07, 6.45) is 5.43. The lowest BCUT2D eigenvalue weighted by Gasteiger charge is -2.47. The van der Waals surface area contributed by atoms with E-state index in [1.54, 1.807) is 6.07 Å². The van der Waals surface area contributed by atoms with Gasteiger partial charge in [0.15, 0.2) is 0 Å². The molecule has 2 amide bonds. The second-order valence-electron chi connectivity index (χ2n) is 11.2. The van der Waals surface area contributed by atoms with Gasteiger partial charge in [0, 0.05) is 38.5 Å². The monoisotopic (exact) mass is 475 g/mol. The van der Waals surface area contributed by atoms with Crippen LogP contribution in [0, 0.1) is 5.41 Å². The average molecular weight is 476 g/mol. The fraction of sp³-hybridized carbons (Fsp3) is 0.517. The van der Waals surface area contributed by atoms with Crippen LogP contribution in [0.2, 0.25) is 0 Å². The van der Waals surface area contributed by atoms with Gasteiger partial charge in [0.25, 0.3) is 5.91 Å². The van der Waals surface area contributed by atoms with Gasteiger partial charge in [0.05, 0.1) is 11.3 Å². The van der Waals surface area contributed by atoms with E-state index in [0.29, 0.717) is 16.7 Å². The molecule has 0 aromatic heterocycles. The zero-order valence-corrected chi connectivity index (χ0v) is 21.2. The standard InChI is InChI=1S/C29H37N3O3/c1-21(33)30-25-10-5-4-9-24(25)27(34)32-17-13-29(14-18-32)11-15-31(16-12-29)20-23-8-6-7-22-19-28(2,3)35-26(22)23/h4-10H,11-20H2,1-3H3,(H,30,33). The van der Waals surface area contributed by atoms with E-state index in [9.17, 15) is 9.59 Å². The Morgan fingerprint density at radius 3 is 2.34 bits per heavy atom. The van der Waals surface area contributed by atoms with E-state index in [-0.39, 0.29) is 17.4 Å². The van der Waals surface area contributed by atoms with Crippen molar-refractivity contribution >= 4 is 17.5 Å². The number of ether oxygens (including phenoxy) is 1. The van der Waals surface area contributed by atoms with Gasteiger partial charge in [0.2, 0.25) is 5.91 Å². The minimum absolute atomic E-state index is 0.0162. The molecule has 186 valence electrons. The zero-order chi connectivity index (χ0) is 24.6. The topological polar surface area (TPSA) is 61.9 Å². The molecule has 3 aliphatic heterocycles. The van der Waals surface area contributed by atoms with E-state index < -0.39 is 0 Å². The van der Waals surface area contributed by atoms with Gasteiger partial charge in [-0.2, -0.15) is 0 Å². The first kappa shape index (κ1) is 23.9. The molecule has 2 saturated heterocycles. The predicted octanol–water partition coefficient (Wildman–Crippen LogP) is 4.88. The Balaban J connectivity index is 1.17. The fourth-order valence-corrected chi connectivity index (χ4v) is 6.05. The molecule has 2 aromatic carbocycles. The third-order valence-corrected chi connectivity index (χ3v) is 8.06. The van der Waals surface area contributed by atoms with E-state index in [0.717, 1.165) is 57.7 Å². The summed E-state index contributed by atoms with van der Waals surface area (Å²) >= 11 is 0. The van der Waals surface area contributed by atoms with Crippen LogP contribution in [-0.2, 0) is 17.8 Å². The van der Waals surface area contributed by atoms with E-state index in [2.05, 4.69) is 42.3 Å². The largest absolute Gasteiger partial charge is 0.487 e. The van der Waals surface area contributed by atoms with E-state index >= 15 is 0 Å². The summed E-state index contributed by atoms with van der Waals surface area (Å²) in [6, 6.07) is 13.9. The molecule has 6 heteroatoms. The molecule has 0 bridgehead atoms. The van der Waals surface area contributed by atoms with Crippen molar-refractivity contribution in [2.75, 3.05) is 31.5 Å². The maximum Gasteiger partial charge on any atom is 0.255 e. The van der Waals surface area contributed by atoms with Gasteiger partial charge in [-0.15, -0.1) is 0 Å². The van der Waals surface area contributed by atoms with Crippen LogP contribution in [0.3, 0.4) is 0 Å². The number of amides is 2. The van der Waals surface area contributed by atoms with Gasteiger partial charge in [-0.25, -0.2) is 0 Å². The smallest absolute Gasteiger partial charge is 0.255 e. The summed E-state index contributed by atoms with van der Waals surface area (Å²) in [7, 11) is 0. The molecule has 35 heavy (non-hydrogen) atoms. The molecule has 0 radical (unpaired) electrons. The van der Waals surface area contributed by atoms with Gasteiger partial charge in [-0.3, -0.25) is 14.5 Å². The highest BCUT2D eigenvalue weighted by molar-refractivity contribution is 6.03. The second-order valence-corrected chi connectivity index (χ2v) is 11.2. The van der Waals surface area contributed by atoms with Crippen LogP contribution in [0.5, 0.6) is 5.75 Å². The van der Waals surface area contributed by atoms with Crippen LogP contribution in [0.4, 0.5) is 5.69 Å². The summed E-state index contributed by atoms with van der Waals surface area (Å²) in [5.74, 6) is 0.956. The first-order valence-corrected chi connectivity index (χ1v) is 12.9. The second kappa shape index (κ2) is 9.30. The number of rotatable bonds is 4. The van der Waals surface area contributed by atoms with Crippen LogP contribution < -0.4 is 10.1 Å². The Bertz CT molecular complexity index is 1110. The molecule has 0 unspecified atom stereocenters. The molecule has 6 nitrogen and oxygen atoms in total. The maximum absolute atomic E-state index is 13.2. The summed E-state index contributed by atoms with van der Waals surface area (Å²) in [4.78, 5) is 29.3. The maximum atomic E-state index is 13.2. The normalized spacial score (nSPS) is 20.8. The van der Waals surface area contributed by atoms with Crippen molar-refractivity contribution in [1.29, 1.82) is 0 Å². The van der Waals surface area contributed by atoms with E-state index in [1.165, 1.54) is 30.9 Å². The summed E-state index contributed by atoms with van der Waals surface area (Å²) in [5, 5.41) is 2.79. The SMILES string of the molecule is CC(=O)Nc1ccccc1C(=O)N1CCC2(CCN(Cc3cccc4c3OC(C)(C)C4)CC2)CC1. The predicted molar refractivity (Wildman–Crippen MR) is 138 cm³/mol. The molecular formula is C29H37N3O3. The number of anilines is 1. The zero-order valence-electron chi connectivity index (χ0n) is 21.2. The number of carbonyl (C=O) groups excluding carboxylic acids is 2. The number of fused-ring (bicyclic) bond motifs is 1. The van der Waals surface area contributed by atoms with Crippen LogP contribution in [0.1, 0.15) is 67.9 Å². The lowest BCUT2D eigenvalue weighted by molar-refractivity contribution is -0.114. The van der Waals surface area contributed by atoms with Gasteiger partial charge in [-0.05, 0) is 75.7 Å². The van der Waals surface area contributed by atoms with Crippen molar-refractivity contribution in [3.05, 3.63) is 59.2 Å². The van der Waals surface area contributed by atoms with Crippen LogP contribution in [-0.4, -0.2) is 53.4 Å². The van der Waals surface area contributed by atoms with Crippen molar-refractivity contribution < 1.29 is 14.3 Å². The Labute approximate surface area is 208 Å². The molecule has 1 spiro atoms. The first-order valence-electron chi connectivity index (χ1n) is 12.9. The summed E-state index contributed by atoms with van der Waals surface area (Å²) in [6.45, 7) is 10.5. The van der Waals surface area contributed by atoms with Gasteiger partial charge >= 0.3 is 0 Å². The summed E-state index contributed by atoms with van der Waals surface area (Å²) < 4.78 is 6.29. The molecule has 2 aromatic rings. The minimum atomic E-state index is -0.162. The van der Waals surface area contributed by atoms with Crippen molar-refractivity contribution in [3.63, 3.8) is 0 Å². The van der Waals surface area contributed by atoms with Crippen LogP contribution in [0.15, 0.2) is 42.5 Å². The molecule has 0 aliphatic carbocycles. The van der Waals surface area contributed by atoms with E-state index in [4.69, 9.17) is 4.74 Å². The van der Waals surface area contributed by atoms with Crippen molar-refractivity contribution in [2.24, 2.45) is 5.41 Å². The molecule has 3 aliphatic rings. The highest BCUT2D eigenvalue weighted by Crippen LogP contribution is 2.43. The number of nitrogens with zero attached hydrogens (tertiary/aromatic N) is 2. The fourth-order valence-electron chi connectivity index (χ4n) is 6.05. The highest BCUT2D eigenvalue weighted by atomic mass is 16.5. The Kier molecular flexibility index (Phi) is 6.34. The number of nitrogens with one attached hydrogen (secondary N) is 1. The number of hydrogen-bond donors (Lipinski definition) is 1. The molecule has 2 fully saturated rings. The van der Waals surface area contributed by atoms with Crippen molar-refractivity contribution in [3.8, 4) is 5.75 Å².